The van der Waals surface area contributed by atoms with Crippen molar-refractivity contribution >= 4 is 11.6 Å². The number of hydrogen-bond acceptors (Lipinski definition) is 5. The van der Waals surface area contributed by atoms with Gasteiger partial charge in [0.25, 0.3) is 5.91 Å². The number of nitrogens with zero attached hydrogens (tertiary/aromatic N) is 2. The monoisotopic (exact) mass is 414 g/mol. The predicted octanol–water partition coefficient (Wildman–Crippen LogP) is 1.08. The summed E-state index contributed by atoms with van der Waals surface area (Å²) < 4.78 is 16.0. The molecule has 162 valence electrons. The van der Waals surface area contributed by atoms with E-state index in [4.69, 9.17) is 14.2 Å². The first-order valence-corrected chi connectivity index (χ1v) is 10.2. The first-order chi connectivity index (χ1) is 14.5. The number of nitrogens with one attached hydrogen (secondary N) is 1. The Kier molecular flexibility index (Phi) is 7.41. The largest absolute Gasteiger partial charge is 0.497 e. The Balaban J connectivity index is 1.50. The summed E-state index contributed by atoms with van der Waals surface area (Å²) in [5.74, 6) is 2.59. The lowest BCUT2D eigenvalue weighted by Crippen LogP contribution is -3.09. The van der Waals surface area contributed by atoms with Crippen LogP contribution in [-0.4, -0.2) is 71.9 Å². The molecule has 1 fully saturated rings. The number of rotatable bonds is 8. The topological polar surface area (TPSA) is 55.7 Å². The van der Waals surface area contributed by atoms with Crippen molar-refractivity contribution in [2.24, 2.45) is 0 Å². The zero-order chi connectivity index (χ0) is 21.5. The molecule has 1 heterocycles. The van der Waals surface area contributed by atoms with Crippen molar-refractivity contribution in [3.05, 3.63) is 48.0 Å². The van der Waals surface area contributed by atoms with Gasteiger partial charge in [0.05, 0.1) is 28.4 Å². The number of ether oxygens (including phenoxy) is 3. The average molecular weight is 415 g/mol. The SMILES string of the molecule is COc1ccc(N2CCN(C(=O)C[NH+](C)Cc3ccc(OC)cc3OC)CC2)cc1. The fourth-order valence-electron chi connectivity index (χ4n) is 3.76. The van der Waals surface area contributed by atoms with Gasteiger partial charge in [0.2, 0.25) is 0 Å². The van der Waals surface area contributed by atoms with Gasteiger partial charge in [-0.15, -0.1) is 0 Å². The second kappa shape index (κ2) is 10.2. The summed E-state index contributed by atoms with van der Waals surface area (Å²) in [7, 11) is 7.00. The molecule has 0 spiro atoms. The summed E-state index contributed by atoms with van der Waals surface area (Å²) in [6.45, 7) is 4.32. The van der Waals surface area contributed by atoms with Crippen LogP contribution >= 0.6 is 0 Å². The maximum Gasteiger partial charge on any atom is 0.277 e. The molecular weight excluding hydrogens is 382 g/mol. The van der Waals surface area contributed by atoms with E-state index in [0.29, 0.717) is 13.1 Å². The number of quaternary nitrogens is 1. The highest BCUT2D eigenvalue weighted by Gasteiger charge is 2.24. The molecule has 0 bridgehead atoms. The number of carbonyl (C=O) groups is 1. The minimum atomic E-state index is 0.189. The van der Waals surface area contributed by atoms with E-state index in [2.05, 4.69) is 17.0 Å². The fraction of sp³-hybridized carbons (Fsp3) is 0.435. The molecule has 0 aliphatic carbocycles. The minimum absolute atomic E-state index is 0.189. The van der Waals surface area contributed by atoms with Crippen LogP contribution in [0, 0.1) is 0 Å². The average Bonchev–Trinajstić information content (AvgIpc) is 2.79. The quantitative estimate of drug-likeness (QED) is 0.701. The molecule has 1 unspecified atom stereocenters. The van der Waals surface area contributed by atoms with E-state index >= 15 is 0 Å². The summed E-state index contributed by atoms with van der Waals surface area (Å²) in [4.78, 5) is 18.2. The van der Waals surface area contributed by atoms with Gasteiger partial charge in [0, 0.05) is 43.5 Å². The molecule has 2 aromatic carbocycles. The number of carbonyl (C=O) groups excluding carboxylic acids is 1. The Labute approximate surface area is 178 Å². The van der Waals surface area contributed by atoms with Gasteiger partial charge in [-0.05, 0) is 36.4 Å². The van der Waals surface area contributed by atoms with E-state index < -0.39 is 0 Å². The molecule has 0 aromatic heterocycles. The molecule has 0 radical (unpaired) electrons. The number of amides is 1. The van der Waals surface area contributed by atoms with Gasteiger partial charge >= 0.3 is 0 Å². The van der Waals surface area contributed by atoms with E-state index in [1.807, 2.05) is 42.3 Å². The van der Waals surface area contributed by atoms with Gasteiger partial charge in [0.15, 0.2) is 6.54 Å². The van der Waals surface area contributed by atoms with Crippen LogP contribution in [0.15, 0.2) is 42.5 Å². The fourth-order valence-corrected chi connectivity index (χ4v) is 3.76. The molecule has 1 saturated heterocycles. The van der Waals surface area contributed by atoms with Crippen LogP contribution in [0.2, 0.25) is 0 Å². The molecule has 1 aliphatic heterocycles. The van der Waals surface area contributed by atoms with E-state index in [-0.39, 0.29) is 5.91 Å². The van der Waals surface area contributed by atoms with Crippen LogP contribution in [0.25, 0.3) is 0 Å². The van der Waals surface area contributed by atoms with Gasteiger partial charge < -0.3 is 28.9 Å². The highest BCUT2D eigenvalue weighted by Crippen LogP contribution is 2.24. The van der Waals surface area contributed by atoms with Gasteiger partial charge in [0.1, 0.15) is 23.8 Å². The molecule has 2 aromatic rings. The highest BCUT2D eigenvalue weighted by atomic mass is 16.5. The van der Waals surface area contributed by atoms with Crippen molar-refractivity contribution in [1.29, 1.82) is 0 Å². The minimum Gasteiger partial charge on any atom is -0.497 e. The van der Waals surface area contributed by atoms with Crippen LogP contribution in [-0.2, 0) is 11.3 Å². The Morgan fingerprint density at radius 2 is 1.53 bits per heavy atom. The first-order valence-electron chi connectivity index (χ1n) is 10.2. The zero-order valence-electron chi connectivity index (χ0n) is 18.3. The molecule has 0 saturated carbocycles. The Bertz CT molecular complexity index is 833. The van der Waals surface area contributed by atoms with E-state index in [9.17, 15) is 4.79 Å². The smallest absolute Gasteiger partial charge is 0.277 e. The van der Waals surface area contributed by atoms with Crippen molar-refractivity contribution in [1.82, 2.24) is 4.90 Å². The summed E-state index contributed by atoms with van der Waals surface area (Å²) in [6.07, 6.45) is 0. The van der Waals surface area contributed by atoms with Gasteiger partial charge in [-0.2, -0.15) is 0 Å². The number of benzene rings is 2. The maximum absolute atomic E-state index is 12.8. The second-order valence-electron chi connectivity index (χ2n) is 7.55. The van der Waals surface area contributed by atoms with Crippen molar-refractivity contribution in [3.63, 3.8) is 0 Å². The summed E-state index contributed by atoms with van der Waals surface area (Å²) >= 11 is 0. The standard InChI is InChI=1S/C23H31N3O4/c1-24(16-18-5-8-21(29-3)15-22(18)30-4)17-23(27)26-13-11-25(12-14-26)19-6-9-20(28-2)10-7-19/h5-10,15H,11-14,16-17H2,1-4H3/p+1. The van der Waals surface area contributed by atoms with Crippen LogP contribution in [0.3, 0.4) is 0 Å². The summed E-state index contributed by atoms with van der Waals surface area (Å²) in [6, 6.07) is 13.9. The normalized spacial score (nSPS) is 14.9. The van der Waals surface area contributed by atoms with Crippen LogP contribution in [0.4, 0.5) is 5.69 Å². The predicted molar refractivity (Wildman–Crippen MR) is 117 cm³/mol. The third kappa shape index (κ3) is 5.36. The van der Waals surface area contributed by atoms with Gasteiger partial charge in [-0.3, -0.25) is 4.79 Å². The zero-order valence-corrected chi connectivity index (χ0v) is 18.3. The van der Waals surface area contributed by atoms with Crippen molar-refractivity contribution in [2.45, 2.75) is 6.54 Å². The number of methoxy groups -OCH3 is 3. The van der Waals surface area contributed by atoms with Crippen LogP contribution < -0.4 is 24.0 Å². The number of hydrogen-bond donors (Lipinski definition) is 1. The number of anilines is 1. The van der Waals surface area contributed by atoms with E-state index in [0.717, 1.165) is 59.6 Å². The van der Waals surface area contributed by atoms with E-state index in [1.54, 1.807) is 21.3 Å². The van der Waals surface area contributed by atoms with Crippen molar-refractivity contribution < 1.29 is 23.9 Å². The summed E-state index contributed by atoms with van der Waals surface area (Å²) in [5.41, 5.74) is 2.23. The van der Waals surface area contributed by atoms with E-state index in [1.165, 1.54) is 0 Å². The maximum atomic E-state index is 12.8. The second-order valence-corrected chi connectivity index (χ2v) is 7.55. The molecule has 7 nitrogen and oxygen atoms in total. The molecular formula is C23H32N3O4+. The lowest BCUT2D eigenvalue weighted by Gasteiger charge is -2.36. The third-order valence-corrected chi connectivity index (χ3v) is 5.51. The van der Waals surface area contributed by atoms with Gasteiger partial charge in [-0.1, -0.05) is 0 Å². The molecule has 3 rings (SSSR count). The van der Waals surface area contributed by atoms with Crippen molar-refractivity contribution in [2.75, 3.05) is 66.0 Å². The molecule has 1 N–H and O–H groups in total. The molecule has 1 atom stereocenters. The van der Waals surface area contributed by atoms with Crippen LogP contribution in [0.5, 0.6) is 17.2 Å². The molecule has 1 aliphatic rings. The molecule has 7 heteroatoms. The molecule has 1 amide bonds. The lowest BCUT2D eigenvalue weighted by molar-refractivity contribution is -0.885. The van der Waals surface area contributed by atoms with Gasteiger partial charge in [-0.25, -0.2) is 0 Å². The first kappa shape index (κ1) is 21.8. The Morgan fingerprint density at radius 3 is 2.13 bits per heavy atom. The molecule has 30 heavy (non-hydrogen) atoms. The highest BCUT2D eigenvalue weighted by molar-refractivity contribution is 5.77. The third-order valence-electron chi connectivity index (χ3n) is 5.51. The lowest BCUT2D eigenvalue weighted by atomic mass is 10.1. The van der Waals surface area contributed by atoms with Crippen molar-refractivity contribution in [3.8, 4) is 17.2 Å². The number of likely N-dealkylation sites (N-methyl/N-ethyl adjacent to an activating group) is 1. The summed E-state index contributed by atoms with van der Waals surface area (Å²) in [5, 5.41) is 0. The Morgan fingerprint density at radius 1 is 0.900 bits per heavy atom. The number of piperazine rings is 1. The van der Waals surface area contributed by atoms with Crippen LogP contribution in [0.1, 0.15) is 5.56 Å². The Hall–Kier alpha value is -2.93.